The minimum absolute atomic E-state index is 0.210. The number of anilines is 1. The zero-order valence-electron chi connectivity index (χ0n) is 20.4. The summed E-state index contributed by atoms with van der Waals surface area (Å²) >= 11 is 0. The molecule has 0 radical (unpaired) electrons. The van der Waals surface area contributed by atoms with Gasteiger partial charge in [-0.15, -0.1) is 0 Å². The highest BCUT2D eigenvalue weighted by molar-refractivity contribution is 5.79. The summed E-state index contributed by atoms with van der Waals surface area (Å²) < 4.78 is 2.10. The third-order valence-corrected chi connectivity index (χ3v) is 7.11. The molecule has 0 N–H and O–H groups in total. The number of hydrogen-bond donors (Lipinski definition) is 0. The van der Waals surface area contributed by atoms with Crippen LogP contribution in [0, 0.1) is 6.92 Å². The number of hydrogen-bond acceptors (Lipinski definition) is 4. The quantitative estimate of drug-likeness (QED) is 0.512. The molecule has 1 aliphatic carbocycles. The van der Waals surface area contributed by atoms with Gasteiger partial charge < -0.3 is 14.7 Å². The van der Waals surface area contributed by atoms with Crippen molar-refractivity contribution in [2.24, 2.45) is 0 Å². The normalized spacial score (nSPS) is 16.6. The third-order valence-electron chi connectivity index (χ3n) is 7.11. The van der Waals surface area contributed by atoms with Gasteiger partial charge >= 0.3 is 0 Å². The molecule has 2 aromatic carbocycles. The number of aromatic nitrogens is 2. The lowest BCUT2D eigenvalue weighted by atomic mass is 10.1. The Morgan fingerprint density at radius 2 is 1.62 bits per heavy atom. The minimum atomic E-state index is 0.210. The first-order chi connectivity index (χ1) is 16.6. The molecule has 5 rings (SSSR count). The van der Waals surface area contributed by atoms with Crippen LogP contribution in [0.4, 0.5) is 5.82 Å². The fourth-order valence-corrected chi connectivity index (χ4v) is 4.93. The number of likely N-dealkylation sites (N-methyl/N-ethyl adjacent to an activating group) is 1. The van der Waals surface area contributed by atoms with Crippen molar-refractivity contribution in [3.8, 4) is 5.69 Å². The predicted molar refractivity (Wildman–Crippen MR) is 136 cm³/mol. The lowest BCUT2D eigenvalue weighted by Gasteiger charge is -2.36. The van der Waals surface area contributed by atoms with Crippen molar-refractivity contribution in [1.29, 1.82) is 0 Å². The fourth-order valence-electron chi connectivity index (χ4n) is 4.93. The topological polar surface area (TPSA) is 44.6 Å². The number of carbonyl (C=O) groups excluding carboxylic acids is 1. The van der Waals surface area contributed by atoms with Gasteiger partial charge in [-0.05, 0) is 44.0 Å². The molecular formula is C28H35N5O. The highest BCUT2D eigenvalue weighted by Crippen LogP contribution is 2.34. The highest BCUT2D eigenvalue weighted by atomic mass is 16.2. The summed E-state index contributed by atoms with van der Waals surface area (Å²) in [6.07, 6.45) is 2.64. The average Bonchev–Trinajstić information content (AvgIpc) is 3.66. The molecule has 3 aromatic rings. The summed E-state index contributed by atoms with van der Waals surface area (Å²) in [7, 11) is 0. The van der Waals surface area contributed by atoms with Crippen LogP contribution in [0.25, 0.3) is 5.69 Å². The van der Waals surface area contributed by atoms with Crippen molar-refractivity contribution in [2.45, 2.75) is 45.7 Å². The van der Waals surface area contributed by atoms with E-state index in [1.165, 1.54) is 5.56 Å². The molecule has 0 atom stereocenters. The molecule has 1 amide bonds. The summed E-state index contributed by atoms with van der Waals surface area (Å²) in [5, 5.41) is 4.99. The molecule has 1 aliphatic heterocycles. The fraction of sp³-hybridized carbons (Fsp3) is 0.429. The largest absolute Gasteiger partial charge is 0.354 e. The molecule has 0 spiro atoms. The van der Waals surface area contributed by atoms with Gasteiger partial charge in [0.05, 0.1) is 24.3 Å². The van der Waals surface area contributed by atoms with Crippen LogP contribution in [0.15, 0.2) is 60.7 Å². The Hall–Kier alpha value is -3.12. The van der Waals surface area contributed by atoms with E-state index in [-0.39, 0.29) is 5.91 Å². The van der Waals surface area contributed by atoms with E-state index in [2.05, 4.69) is 57.5 Å². The van der Waals surface area contributed by atoms with Crippen molar-refractivity contribution < 1.29 is 4.79 Å². The van der Waals surface area contributed by atoms with Crippen molar-refractivity contribution in [3.63, 3.8) is 0 Å². The van der Waals surface area contributed by atoms with Gasteiger partial charge in [0.1, 0.15) is 5.82 Å². The predicted octanol–water partition coefficient (Wildman–Crippen LogP) is 4.06. The maximum absolute atomic E-state index is 13.4. The lowest BCUT2D eigenvalue weighted by molar-refractivity contribution is -0.131. The molecule has 0 unspecified atom stereocenters. The van der Waals surface area contributed by atoms with Crippen LogP contribution in [0.1, 0.15) is 36.6 Å². The number of piperazine rings is 1. The second-order valence-electron chi connectivity index (χ2n) is 9.47. The van der Waals surface area contributed by atoms with Crippen LogP contribution in [-0.4, -0.2) is 64.3 Å². The zero-order chi connectivity index (χ0) is 23.5. The number of para-hydroxylation sites is 1. The van der Waals surface area contributed by atoms with Crippen molar-refractivity contribution >= 4 is 11.7 Å². The minimum Gasteiger partial charge on any atom is -0.354 e. The van der Waals surface area contributed by atoms with E-state index in [0.29, 0.717) is 19.0 Å². The zero-order valence-corrected chi connectivity index (χ0v) is 20.4. The molecule has 2 fully saturated rings. The second kappa shape index (κ2) is 10.0. The maximum atomic E-state index is 13.4. The van der Waals surface area contributed by atoms with Crippen LogP contribution in [0.3, 0.4) is 0 Å². The molecule has 1 aromatic heterocycles. The number of amides is 1. The third kappa shape index (κ3) is 4.87. The van der Waals surface area contributed by atoms with E-state index >= 15 is 0 Å². The molecule has 6 nitrogen and oxygen atoms in total. The Labute approximate surface area is 202 Å². The van der Waals surface area contributed by atoms with Gasteiger partial charge in [-0.1, -0.05) is 55.5 Å². The van der Waals surface area contributed by atoms with E-state index in [1.54, 1.807) is 0 Å². The van der Waals surface area contributed by atoms with E-state index in [0.717, 1.165) is 68.3 Å². The Bertz CT molecular complexity index is 1100. The molecule has 0 bridgehead atoms. The van der Waals surface area contributed by atoms with Gasteiger partial charge in [-0.2, -0.15) is 5.10 Å². The van der Waals surface area contributed by atoms with Gasteiger partial charge in [0, 0.05) is 37.8 Å². The summed E-state index contributed by atoms with van der Waals surface area (Å²) in [4.78, 5) is 20.5. The van der Waals surface area contributed by atoms with Gasteiger partial charge in [0.25, 0.3) is 0 Å². The van der Waals surface area contributed by atoms with E-state index in [9.17, 15) is 4.79 Å². The first kappa shape index (κ1) is 22.7. The van der Waals surface area contributed by atoms with Crippen molar-refractivity contribution in [1.82, 2.24) is 19.6 Å². The number of nitrogens with zero attached hydrogens (tertiary/aromatic N) is 5. The maximum Gasteiger partial charge on any atom is 0.227 e. The Morgan fingerprint density at radius 1 is 0.971 bits per heavy atom. The molecule has 6 heteroatoms. The molecule has 1 saturated heterocycles. The summed E-state index contributed by atoms with van der Waals surface area (Å²) in [6.45, 7) is 10.1. The smallest absolute Gasteiger partial charge is 0.227 e. The number of aryl methyl sites for hydroxylation is 1. The summed E-state index contributed by atoms with van der Waals surface area (Å²) in [6, 6.07) is 20.8. The monoisotopic (exact) mass is 457 g/mol. The Kier molecular flexibility index (Phi) is 6.68. The van der Waals surface area contributed by atoms with Crippen LogP contribution in [0.2, 0.25) is 0 Å². The van der Waals surface area contributed by atoms with E-state index in [1.807, 2.05) is 36.4 Å². The highest BCUT2D eigenvalue weighted by Gasteiger charge is 2.35. The Morgan fingerprint density at radius 3 is 2.24 bits per heavy atom. The lowest BCUT2D eigenvalue weighted by Crippen LogP contribution is -2.47. The first-order valence-corrected chi connectivity index (χ1v) is 12.6. The molecule has 178 valence electrons. The number of rotatable bonds is 8. The average molecular weight is 458 g/mol. The molecule has 1 saturated carbocycles. The molecule has 34 heavy (non-hydrogen) atoms. The van der Waals surface area contributed by atoms with E-state index < -0.39 is 0 Å². The second-order valence-corrected chi connectivity index (χ2v) is 9.47. The van der Waals surface area contributed by atoms with Gasteiger partial charge in [0.2, 0.25) is 5.91 Å². The SMILES string of the molecule is CCN1CCN(c2c(CN(C(=O)Cc3ccccc3)C3CC3)c(C)nn2-c2ccccc2)CC1. The number of carbonyl (C=O) groups is 1. The molecule has 2 heterocycles. The van der Waals surface area contributed by atoms with Crippen LogP contribution in [0.5, 0.6) is 0 Å². The van der Waals surface area contributed by atoms with Crippen LogP contribution in [-0.2, 0) is 17.8 Å². The van der Waals surface area contributed by atoms with E-state index in [4.69, 9.17) is 5.10 Å². The summed E-state index contributed by atoms with van der Waals surface area (Å²) in [5.41, 5.74) is 4.33. The summed E-state index contributed by atoms with van der Waals surface area (Å²) in [5.74, 6) is 1.36. The van der Waals surface area contributed by atoms with Crippen LogP contribution >= 0.6 is 0 Å². The van der Waals surface area contributed by atoms with Crippen LogP contribution < -0.4 is 4.90 Å². The first-order valence-electron chi connectivity index (χ1n) is 12.6. The van der Waals surface area contributed by atoms with Gasteiger partial charge in [-0.25, -0.2) is 4.68 Å². The number of benzene rings is 2. The van der Waals surface area contributed by atoms with Gasteiger partial charge in [-0.3, -0.25) is 4.79 Å². The molecular weight excluding hydrogens is 422 g/mol. The molecule has 2 aliphatic rings. The Balaban J connectivity index is 1.47. The van der Waals surface area contributed by atoms with Gasteiger partial charge in [0.15, 0.2) is 0 Å². The standard InChI is InChI=1S/C28H35N5O/c1-3-30-16-18-31(19-17-30)28-26(22(2)29-33(28)25-12-8-5-9-13-25)21-32(24-14-15-24)27(34)20-23-10-6-4-7-11-23/h4-13,24H,3,14-21H2,1-2H3. The van der Waals surface area contributed by atoms with Crippen molar-refractivity contribution in [2.75, 3.05) is 37.6 Å². The van der Waals surface area contributed by atoms with Crippen molar-refractivity contribution in [3.05, 3.63) is 77.5 Å².